The Labute approximate surface area is 132 Å². The van der Waals surface area contributed by atoms with Gasteiger partial charge in [0.15, 0.2) is 5.78 Å². The Morgan fingerprint density at radius 3 is 2.35 bits per heavy atom. The van der Waals surface area contributed by atoms with Gasteiger partial charge in [0, 0.05) is 17.5 Å². The fraction of sp³-hybridized carbons (Fsp3) is 0.133. The molecule has 23 heavy (non-hydrogen) atoms. The molecule has 1 atom stereocenters. The van der Waals surface area contributed by atoms with Crippen molar-refractivity contribution in [3.63, 3.8) is 0 Å². The van der Waals surface area contributed by atoms with Gasteiger partial charge < -0.3 is 20.0 Å². The minimum Gasteiger partial charge on any atom is -0.508 e. The molecule has 0 radical (unpaired) electrons. The van der Waals surface area contributed by atoms with Gasteiger partial charge >= 0.3 is 7.75 Å². The Kier molecular flexibility index (Phi) is 4.75. The molecular weight excluding hydrogens is 321 g/mol. The topological polar surface area (TPSA) is 127 Å². The molecule has 0 aliphatic rings. The molecule has 7 nitrogen and oxygen atoms in total. The lowest BCUT2D eigenvalue weighted by Gasteiger charge is -2.16. The summed E-state index contributed by atoms with van der Waals surface area (Å²) in [5.74, 6) is -1.28. The number of phenolic OH excluding ortho intramolecular Hbond substituents is 2. The van der Waals surface area contributed by atoms with Crippen molar-refractivity contribution in [2.24, 2.45) is 0 Å². The highest BCUT2D eigenvalue weighted by molar-refractivity contribution is 7.53. The van der Waals surface area contributed by atoms with Crippen LogP contribution in [0.3, 0.4) is 0 Å². The van der Waals surface area contributed by atoms with E-state index in [4.69, 9.17) is 9.79 Å². The quantitative estimate of drug-likeness (QED) is 0.419. The van der Waals surface area contributed by atoms with Gasteiger partial charge in [-0.2, -0.15) is 0 Å². The minimum absolute atomic E-state index is 0.0152. The molecule has 0 saturated heterocycles. The number of phenols is 2. The molecule has 2 aromatic rings. The third-order valence-corrected chi connectivity index (χ3v) is 3.83. The lowest BCUT2D eigenvalue weighted by molar-refractivity contribution is 0.0967. The first-order chi connectivity index (χ1) is 10.7. The number of hydrogen-bond donors (Lipinski definition) is 5. The molecule has 0 spiro atoms. The number of rotatable bonds is 5. The summed E-state index contributed by atoms with van der Waals surface area (Å²) in [6, 6.07) is 9.80. The first-order valence-corrected chi connectivity index (χ1v) is 8.28. The van der Waals surface area contributed by atoms with Crippen molar-refractivity contribution in [3.8, 4) is 11.5 Å². The van der Waals surface area contributed by atoms with E-state index in [0.717, 1.165) is 6.07 Å². The van der Waals surface area contributed by atoms with Gasteiger partial charge in [-0.1, -0.05) is 19.1 Å². The highest BCUT2D eigenvalue weighted by Gasteiger charge is 2.23. The van der Waals surface area contributed by atoms with Crippen LogP contribution in [0.1, 0.15) is 28.8 Å². The van der Waals surface area contributed by atoms with E-state index >= 15 is 0 Å². The van der Waals surface area contributed by atoms with Crippen molar-refractivity contribution in [1.82, 2.24) is 0 Å². The molecule has 8 heteroatoms. The Hall–Kier alpha value is -2.34. The van der Waals surface area contributed by atoms with Gasteiger partial charge in [-0.15, -0.1) is 0 Å². The number of anilines is 1. The van der Waals surface area contributed by atoms with Crippen molar-refractivity contribution < 1.29 is 29.4 Å². The first kappa shape index (κ1) is 17.0. The molecule has 5 N–H and O–H groups in total. The van der Waals surface area contributed by atoms with Crippen molar-refractivity contribution in [1.29, 1.82) is 0 Å². The van der Waals surface area contributed by atoms with Crippen molar-refractivity contribution in [2.75, 3.05) is 5.09 Å². The number of hydrogen-bond acceptors (Lipinski definition) is 4. The zero-order valence-corrected chi connectivity index (χ0v) is 13.1. The van der Waals surface area contributed by atoms with Crippen LogP contribution in [-0.4, -0.2) is 25.8 Å². The second-order valence-electron chi connectivity index (χ2n) is 5.07. The van der Waals surface area contributed by atoms with Crippen LogP contribution >= 0.6 is 7.75 Å². The Morgan fingerprint density at radius 2 is 1.74 bits per heavy atom. The first-order valence-electron chi connectivity index (χ1n) is 6.67. The van der Waals surface area contributed by atoms with E-state index in [0.29, 0.717) is 5.56 Å². The van der Waals surface area contributed by atoms with E-state index in [9.17, 15) is 19.6 Å². The van der Waals surface area contributed by atoms with Gasteiger partial charge in [-0.3, -0.25) is 9.88 Å². The summed E-state index contributed by atoms with van der Waals surface area (Å²) in [5.41, 5.74) is 0.433. The maximum atomic E-state index is 12.6. The molecule has 2 aromatic carbocycles. The smallest absolute Gasteiger partial charge is 0.427 e. The van der Waals surface area contributed by atoms with Gasteiger partial charge in [0.1, 0.15) is 11.5 Å². The van der Waals surface area contributed by atoms with Gasteiger partial charge in [0.2, 0.25) is 0 Å². The summed E-state index contributed by atoms with van der Waals surface area (Å²) < 4.78 is 11.1. The van der Waals surface area contributed by atoms with Crippen LogP contribution in [0.2, 0.25) is 0 Å². The number of nitrogens with one attached hydrogen (secondary N) is 1. The molecule has 0 saturated carbocycles. The number of carbonyl (C=O) groups excluding carboxylic acids is 1. The zero-order valence-electron chi connectivity index (χ0n) is 12.2. The fourth-order valence-corrected chi connectivity index (χ4v) is 2.67. The Morgan fingerprint density at radius 1 is 1.09 bits per heavy atom. The van der Waals surface area contributed by atoms with E-state index < -0.39 is 19.4 Å². The molecule has 0 aliphatic carbocycles. The van der Waals surface area contributed by atoms with Crippen LogP contribution < -0.4 is 5.09 Å². The summed E-state index contributed by atoms with van der Waals surface area (Å²) in [6.45, 7) is 1.62. The standard InChI is InChI=1S/C15H16NO6P/c1-9(10-3-2-4-11(17)7-10)15(19)13-6-5-12(18)8-14(13)16-23(20,21)22/h2-9,17-18H,1H3,(H3,16,20,21,22). The van der Waals surface area contributed by atoms with Crippen LogP contribution in [0.15, 0.2) is 42.5 Å². The molecule has 0 heterocycles. The highest BCUT2D eigenvalue weighted by atomic mass is 31.2. The van der Waals surface area contributed by atoms with Crippen molar-refractivity contribution >= 4 is 19.2 Å². The number of aromatic hydroxyl groups is 2. The summed E-state index contributed by atoms with van der Waals surface area (Å²) in [4.78, 5) is 30.7. The predicted molar refractivity (Wildman–Crippen MR) is 84.6 cm³/mol. The molecule has 122 valence electrons. The van der Waals surface area contributed by atoms with Crippen LogP contribution in [0, 0.1) is 0 Å². The maximum absolute atomic E-state index is 12.6. The van der Waals surface area contributed by atoms with Crippen LogP contribution in [0.25, 0.3) is 0 Å². The van der Waals surface area contributed by atoms with E-state index in [1.54, 1.807) is 19.1 Å². The maximum Gasteiger partial charge on any atom is 0.427 e. The van der Waals surface area contributed by atoms with Gasteiger partial charge in [0.05, 0.1) is 5.69 Å². The van der Waals surface area contributed by atoms with E-state index in [1.807, 2.05) is 5.09 Å². The average Bonchev–Trinajstić information content (AvgIpc) is 2.44. The number of ketones is 1. The Bertz CT molecular complexity index is 785. The molecule has 0 bridgehead atoms. The van der Waals surface area contributed by atoms with E-state index in [1.165, 1.54) is 24.3 Å². The van der Waals surface area contributed by atoms with Crippen LogP contribution in [0.5, 0.6) is 11.5 Å². The normalized spacial score (nSPS) is 12.7. The summed E-state index contributed by atoms with van der Waals surface area (Å²) in [5, 5.41) is 20.9. The monoisotopic (exact) mass is 337 g/mol. The van der Waals surface area contributed by atoms with Crippen LogP contribution in [-0.2, 0) is 4.57 Å². The summed E-state index contributed by atoms with van der Waals surface area (Å²) in [7, 11) is -4.64. The van der Waals surface area contributed by atoms with Crippen molar-refractivity contribution in [3.05, 3.63) is 53.6 Å². The molecule has 0 aliphatic heterocycles. The van der Waals surface area contributed by atoms with Gasteiger partial charge in [0.25, 0.3) is 0 Å². The van der Waals surface area contributed by atoms with Gasteiger partial charge in [-0.25, -0.2) is 4.57 Å². The highest BCUT2D eigenvalue weighted by Crippen LogP contribution is 2.39. The fourth-order valence-electron chi connectivity index (χ4n) is 2.18. The minimum atomic E-state index is -4.64. The van der Waals surface area contributed by atoms with Gasteiger partial charge in [-0.05, 0) is 29.8 Å². The largest absolute Gasteiger partial charge is 0.508 e. The summed E-state index contributed by atoms with van der Waals surface area (Å²) in [6.07, 6.45) is 0. The molecular formula is C15H16NO6P. The molecule has 0 amide bonds. The molecule has 0 aromatic heterocycles. The predicted octanol–water partition coefficient (Wildman–Crippen LogP) is 2.59. The average molecular weight is 337 g/mol. The SMILES string of the molecule is CC(C(=O)c1ccc(O)cc1NP(=O)(O)O)c1cccc(O)c1. The second kappa shape index (κ2) is 6.42. The number of Topliss-reactive ketones (excluding diaryl/α,β-unsaturated/α-hetero) is 1. The van der Waals surface area contributed by atoms with Crippen molar-refractivity contribution in [2.45, 2.75) is 12.8 Å². The zero-order chi connectivity index (χ0) is 17.2. The number of carbonyl (C=O) groups is 1. The van der Waals surface area contributed by atoms with E-state index in [2.05, 4.69) is 0 Å². The third kappa shape index (κ3) is 4.32. The molecule has 2 rings (SSSR count). The lowest BCUT2D eigenvalue weighted by Crippen LogP contribution is -2.12. The third-order valence-electron chi connectivity index (χ3n) is 3.30. The molecule has 1 unspecified atom stereocenters. The molecule has 0 fully saturated rings. The Balaban J connectivity index is 2.40. The summed E-state index contributed by atoms with van der Waals surface area (Å²) >= 11 is 0. The lowest BCUT2D eigenvalue weighted by atomic mass is 9.91. The number of benzene rings is 2. The van der Waals surface area contributed by atoms with Crippen LogP contribution in [0.4, 0.5) is 5.69 Å². The second-order valence-corrected chi connectivity index (χ2v) is 6.38. The van der Waals surface area contributed by atoms with E-state index in [-0.39, 0.29) is 22.7 Å².